The summed E-state index contributed by atoms with van der Waals surface area (Å²) in [6.45, 7) is 6.11. The number of nitrogens with zero attached hydrogens (tertiary/aromatic N) is 2. The summed E-state index contributed by atoms with van der Waals surface area (Å²) in [6.07, 6.45) is -2.72. The summed E-state index contributed by atoms with van der Waals surface area (Å²) in [7, 11) is 0. The van der Waals surface area contributed by atoms with Crippen LogP contribution in [0.15, 0.2) is 30.9 Å². The van der Waals surface area contributed by atoms with Crippen LogP contribution in [0.3, 0.4) is 0 Å². The predicted molar refractivity (Wildman–Crippen MR) is 79.6 cm³/mol. The summed E-state index contributed by atoms with van der Waals surface area (Å²) in [6, 6.07) is 4.90. The van der Waals surface area contributed by atoms with E-state index in [1.54, 1.807) is 11.0 Å². The number of nitriles is 1. The molecule has 4 nitrogen and oxygen atoms in total. The van der Waals surface area contributed by atoms with Crippen molar-refractivity contribution in [3.05, 3.63) is 42.0 Å². The Labute approximate surface area is 132 Å². The molecule has 7 heteroatoms. The van der Waals surface area contributed by atoms with Gasteiger partial charge in [0, 0.05) is 18.8 Å². The molecule has 1 aromatic carbocycles. The molecular formula is C16H16F3N3O. The Morgan fingerprint density at radius 2 is 2.17 bits per heavy atom. The second-order valence-electron chi connectivity index (χ2n) is 5.81. The van der Waals surface area contributed by atoms with Gasteiger partial charge in [-0.1, -0.05) is 6.58 Å². The van der Waals surface area contributed by atoms with Crippen molar-refractivity contribution in [1.82, 2.24) is 4.90 Å². The molecule has 0 aliphatic carbocycles. The first-order chi connectivity index (χ1) is 10.7. The molecule has 1 N–H and O–H groups in total. The number of nitrogens with one attached hydrogen (secondary N) is 1. The lowest BCUT2D eigenvalue weighted by Crippen LogP contribution is -2.39. The summed E-state index contributed by atoms with van der Waals surface area (Å²) in [4.78, 5) is 13.2. The number of hydrogen-bond donors (Lipinski definition) is 1. The highest BCUT2D eigenvalue weighted by Crippen LogP contribution is 2.33. The molecular weight excluding hydrogens is 307 g/mol. The Bertz CT molecular complexity index is 678. The van der Waals surface area contributed by atoms with Crippen LogP contribution in [0, 0.1) is 11.3 Å². The number of benzene rings is 1. The molecule has 0 spiro atoms. The van der Waals surface area contributed by atoms with Crippen molar-refractivity contribution in [2.45, 2.75) is 25.1 Å². The van der Waals surface area contributed by atoms with E-state index >= 15 is 0 Å². The summed E-state index contributed by atoms with van der Waals surface area (Å²) in [5.74, 6) is -0.211. The first-order valence-corrected chi connectivity index (χ1v) is 6.99. The number of amides is 1. The van der Waals surface area contributed by atoms with E-state index in [9.17, 15) is 18.0 Å². The lowest BCUT2D eigenvalue weighted by atomic mass is 10.00. The molecule has 1 unspecified atom stereocenters. The maximum Gasteiger partial charge on any atom is 0.416 e. The van der Waals surface area contributed by atoms with Gasteiger partial charge in [0.2, 0.25) is 5.91 Å². The highest BCUT2D eigenvalue weighted by Gasteiger charge is 2.36. The van der Waals surface area contributed by atoms with Gasteiger partial charge in [-0.15, -0.1) is 0 Å². The number of alkyl halides is 3. The molecule has 122 valence electrons. The fourth-order valence-corrected chi connectivity index (χ4v) is 2.66. The molecule has 1 amide bonds. The molecule has 1 saturated heterocycles. The molecule has 1 atom stereocenters. The van der Waals surface area contributed by atoms with Crippen LogP contribution in [0.25, 0.3) is 0 Å². The number of carbonyl (C=O) groups is 1. The number of halogens is 3. The molecule has 0 saturated carbocycles. The standard InChI is InChI=1S/C16H16F3N3O/c1-3-14(23)22-5-4-15(2,10-22)21-13-7-11(9-20)6-12(8-13)16(17,18)19/h3,6-8,21H,1,4-5,10H2,2H3. The van der Waals surface area contributed by atoms with Crippen LogP contribution in [-0.2, 0) is 11.0 Å². The third-order valence-electron chi connectivity index (χ3n) is 3.80. The minimum absolute atomic E-state index is 0.0667. The van der Waals surface area contributed by atoms with Gasteiger partial charge in [-0.05, 0) is 37.6 Å². The molecule has 23 heavy (non-hydrogen) atoms. The molecule has 1 aliphatic rings. The van der Waals surface area contributed by atoms with E-state index in [1.165, 1.54) is 12.1 Å². The van der Waals surface area contributed by atoms with E-state index in [0.717, 1.165) is 12.1 Å². The topological polar surface area (TPSA) is 56.1 Å². The summed E-state index contributed by atoms with van der Waals surface area (Å²) in [5.41, 5.74) is -1.29. The zero-order valence-electron chi connectivity index (χ0n) is 12.6. The fraction of sp³-hybridized carbons (Fsp3) is 0.375. The summed E-state index contributed by atoms with van der Waals surface area (Å²) < 4.78 is 38.7. The predicted octanol–water partition coefficient (Wildman–Crippen LogP) is 3.17. The van der Waals surface area contributed by atoms with E-state index in [4.69, 9.17) is 5.26 Å². The van der Waals surface area contributed by atoms with Gasteiger partial charge in [-0.3, -0.25) is 4.79 Å². The lowest BCUT2D eigenvalue weighted by molar-refractivity contribution is -0.137. The van der Waals surface area contributed by atoms with Crippen molar-refractivity contribution in [1.29, 1.82) is 5.26 Å². The van der Waals surface area contributed by atoms with Crippen molar-refractivity contribution in [3.8, 4) is 6.07 Å². The van der Waals surface area contributed by atoms with Gasteiger partial charge < -0.3 is 10.2 Å². The zero-order valence-corrected chi connectivity index (χ0v) is 12.6. The largest absolute Gasteiger partial charge is 0.416 e. The van der Waals surface area contributed by atoms with E-state index < -0.39 is 17.3 Å². The first kappa shape index (κ1) is 16.9. The fourth-order valence-electron chi connectivity index (χ4n) is 2.66. The van der Waals surface area contributed by atoms with Crippen LogP contribution in [0.2, 0.25) is 0 Å². The average molecular weight is 323 g/mol. The quantitative estimate of drug-likeness (QED) is 0.869. The molecule has 1 fully saturated rings. The maximum atomic E-state index is 12.9. The molecule has 1 aromatic rings. The minimum atomic E-state index is -4.52. The van der Waals surface area contributed by atoms with E-state index in [0.29, 0.717) is 19.5 Å². The zero-order chi connectivity index (χ0) is 17.3. The van der Waals surface area contributed by atoms with E-state index in [2.05, 4.69) is 11.9 Å². The first-order valence-electron chi connectivity index (χ1n) is 6.99. The molecule has 0 radical (unpaired) electrons. The highest BCUT2D eigenvalue weighted by molar-refractivity contribution is 5.87. The van der Waals surface area contributed by atoms with Crippen LogP contribution in [0.1, 0.15) is 24.5 Å². The summed E-state index contributed by atoms with van der Waals surface area (Å²) >= 11 is 0. The third kappa shape index (κ3) is 3.83. The van der Waals surface area contributed by atoms with Gasteiger partial charge >= 0.3 is 6.18 Å². The minimum Gasteiger partial charge on any atom is -0.378 e. The van der Waals surface area contributed by atoms with Gasteiger partial charge in [0.25, 0.3) is 0 Å². The molecule has 0 aromatic heterocycles. The second kappa shape index (κ2) is 5.95. The number of rotatable bonds is 3. The maximum absolute atomic E-state index is 12.9. The number of likely N-dealkylation sites (tertiary alicyclic amines) is 1. The Hall–Kier alpha value is -2.49. The molecule has 2 rings (SSSR count). The monoisotopic (exact) mass is 323 g/mol. The number of hydrogen-bond acceptors (Lipinski definition) is 3. The van der Waals surface area contributed by atoms with Gasteiger partial charge in [0.15, 0.2) is 0 Å². The Morgan fingerprint density at radius 1 is 1.48 bits per heavy atom. The van der Waals surface area contributed by atoms with Gasteiger partial charge in [-0.25, -0.2) is 0 Å². The van der Waals surface area contributed by atoms with Crippen molar-refractivity contribution < 1.29 is 18.0 Å². The SMILES string of the molecule is C=CC(=O)N1CCC(C)(Nc2cc(C#N)cc(C(F)(F)F)c2)C1. The van der Waals surface area contributed by atoms with E-state index in [1.807, 2.05) is 6.92 Å². The van der Waals surface area contributed by atoms with Crippen molar-refractivity contribution >= 4 is 11.6 Å². The summed E-state index contributed by atoms with van der Waals surface area (Å²) in [5, 5.41) is 11.9. The van der Waals surface area contributed by atoms with Crippen LogP contribution in [0.4, 0.5) is 18.9 Å². The highest BCUT2D eigenvalue weighted by atomic mass is 19.4. The third-order valence-corrected chi connectivity index (χ3v) is 3.80. The molecule has 0 bridgehead atoms. The van der Waals surface area contributed by atoms with Gasteiger partial charge in [0.1, 0.15) is 0 Å². The van der Waals surface area contributed by atoms with Crippen LogP contribution in [0.5, 0.6) is 0 Å². The van der Waals surface area contributed by atoms with Crippen molar-refractivity contribution in [3.63, 3.8) is 0 Å². The number of anilines is 1. The molecule has 1 aliphatic heterocycles. The molecule has 1 heterocycles. The Morgan fingerprint density at radius 3 is 2.74 bits per heavy atom. The second-order valence-corrected chi connectivity index (χ2v) is 5.81. The van der Waals surface area contributed by atoms with Crippen molar-refractivity contribution in [2.75, 3.05) is 18.4 Å². The lowest BCUT2D eigenvalue weighted by Gasteiger charge is -2.27. The van der Waals surface area contributed by atoms with E-state index in [-0.39, 0.29) is 17.2 Å². The Balaban J connectivity index is 2.25. The van der Waals surface area contributed by atoms with Gasteiger partial charge in [-0.2, -0.15) is 18.4 Å². The van der Waals surface area contributed by atoms with Crippen LogP contribution in [-0.4, -0.2) is 29.4 Å². The Kier molecular flexibility index (Phi) is 4.37. The average Bonchev–Trinajstić information content (AvgIpc) is 2.87. The number of carbonyl (C=O) groups excluding carboxylic acids is 1. The van der Waals surface area contributed by atoms with Crippen LogP contribution < -0.4 is 5.32 Å². The normalized spacial score (nSPS) is 20.9. The smallest absolute Gasteiger partial charge is 0.378 e. The van der Waals surface area contributed by atoms with Crippen LogP contribution >= 0.6 is 0 Å². The van der Waals surface area contributed by atoms with Gasteiger partial charge in [0.05, 0.1) is 22.7 Å². The van der Waals surface area contributed by atoms with Crippen molar-refractivity contribution in [2.24, 2.45) is 0 Å².